The maximum atomic E-state index is 14.4. The Labute approximate surface area is 174 Å². The maximum Gasteiger partial charge on any atom is 0.268 e. The number of halogens is 2. The molecular weight excluding hydrogens is 408 g/mol. The van der Waals surface area contributed by atoms with Crippen molar-refractivity contribution in [2.75, 3.05) is 36.9 Å². The first-order chi connectivity index (χ1) is 15.0. The van der Waals surface area contributed by atoms with Gasteiger partial charge in [0.15, 0.2) is 5.82 Å². The molecule has 1 saturated heterocycles. The number of H-pyrrole nitrogens is 1. The molecule has 0 unspecified atom stereocenters. The lowest BCUT2D eigenvalue weighted by atomic mass is 10.1. The third kappa shape index (κ3) is 3.19. The van der Waals surface area contributed by atoms with E-state index in [4.69, 9.17) is 10.5 Å². The Morgan fingerprint density at radius 2 is 1.84 bits per heavy atom. The lowest BCUT2D eigenvalue weighted by Gasteiger charge is -2.27. The van der Waals surface area contributed by atoms with Gasteiger partial charge in [0.2, 0.25) is 0 Å². The van der Waals surface area contributed by atoms with Crippen molar-refractivity contribution in [2.24, 2.45) is 0 Å². The van der Waals surface area contributed by atoms with Crippen LogP contribution in [0.2, 0.25) is 0 Å². The molecule has 5 rings (SSSR count). The summed E-state index contributed by atoms with van der Waals surface area (Å²) in [7, 11) is 0. The lowest BCUT2D eigenvalue weighted by Crippen LogP contribution is -2.36. The number of aromatic nitrogens is 5. The molecule has 158 valence electrons. The summed E-state index contributed by atoms with van der Waals surface area (Å²) in [5.74, 6) is -1.17. The minimum atomic E-state index is -0.886. The molecule has 0 atom stereocenters. The van der Waals surface area contributed by atoms with Crippen molar-refractivity contribution in [2.45, 2.75) is 0 Å². The van der Waals surface area contributed by atoms with E-state index in [1.165, 1.54) is 18.5 Å². The Morgan fingerprint density at radius 1 is 1.10 bits per heavy atom. The number of hydrogen-bond donors (Lipinski definition) is 2. The van der Waals surface area contributed by atoms with Crippen LogP contribution in [0, 0.1) is 11.6 Å². The molecule has 1 fully saturated rings. The van der Waals surface area contributed by atoms with Crippen LogP contribution in [-0.2, 0) is 4.74 Å². The number of morpholine rings is 1. The largest absolute Gasteiger partial charge is 0.382 e. The first-order valence-corrected chi connectivity index (χ1v) is 9.53. The van der Waals surface area contributed by atoms with Crippen LogP contribution in [0.4, 0.5) is 20.4 Å². The molecule has 0 spiro atoms. The highest BCUT2D eigenvalue weighted by atomic mass is 19.1. The van der Waals surface area contributed by atoms with E-state index in [2.05, 4.69) is 20.2 Å². The fourth-order valence-corrected chi connectivity index (χ4v) is 3.64. The molecule has 1 aliphatic rings. The van der Waals surface area contributed by atoms with Crippen LogP contribution >= 0.6 is 0 Å². The summed E-state index contributed by atoms with van der Waals surface area (Å²) in [6.07, 6.45) is 4.44. The van der Waals surface area contributed by atoms with E-state index in [0.717, 1.165) is 16.7 Å². The number of anilines is 2. The van der Waals surface area contributed by atoms with Gasteiger partial charge in [0.05, 0.1) is 36.8 Å². The van der Waals surface area contributed by atoms with E-state index in [9.17, 15) is 13.6 Å². The van der Waals surface area contributed by atoms with Gasteiger partial charge in [0.1, 0.15) is 28.5 Å². The van der Waals surface area contributed by atoms with Crippen molar-refractivity contribution in [1.82, 2.24) is 24.7 Å². The second kappa shape index (κ2) is 7.43. The number of nitrogens with two attached hydrogens (primary N) is 1. The molecule has 4 aromatic rings. The number of hydrogen-bond acceptors (Lipinski definition) is 7. The van der Waals surface area contributed by atoms with Gasteiger partial charge in [-0.15, -0.1) is 0 Å². The first kappa shape index (κ1) is 19.1. The van der Waals surface area contributed by atoms with Gasteiger partial charge < -0.3 is 15.4 Å². The SMILES string of the molecule is Nc1n[nH]c2c(-c3cnc(N4CCOCC4)cn3)cn(-c3c(F)cccc3F)c(=O)c12. The molecule has 4 heterocycles. The number of pyridine rings is 1. The standard InChI is InChI=1S/C20H17F2N7O2/c21-12-2-1-3-13(22)18(12)29-10-11(17-16(20(29)30)19(23)27-26-17)14-8-25-15(9-24-14)28-4-6-31-7-5-28/h1-3,8-10H,4-7H2,(H3,23,26,27). The van der Waals surface area contributed by atoms with Gasteiger partial charge in [-0.3, -0.25) is 19.4 Å². The quantitative estimate of drug-likeness (QED) is 0.515. The number of ether oxygens (including phenoxy) is 1. The Morgan fingerprint density at radius 3 is 2.52 bits per heavy atom. The average molecular weight is 425 g/mol. The fraction of sp³-hybridized carbons (Fsp3) is 0.200. The van der Waals surface area contributed by atoms with Gasteiger partial charge in [-0.1, -0.05) is 6.07 Å². The zero-order valence-corrected chi connectivity index (χ0v) is 16.2. The Balaban J connectivity index is 1.69. The molecule has 0 amide bonds. The van der Waals surface area contributed by atoms with Crippen molar-refractivity contribution in [3.05, 3.63) is 58.8 Å². The van der Waals surface area contributed by atoms with E-state index in [1.807, 2.05) is 4.90 Å². The van der Waals surface area contributed by atoms with E-state index in [-0.39, 0.29) is 11.2 Å². The van der Waals surface area contributed by atoms with Gasteiger partial charge in [0, 0.05) is 24.8 Å². The minimum absolute atomic E-state index is 0.0132. The number of aromatic amines is 1. The number of rotatable bonds is 3. The molecular formula is C20H17F2N7O2. The number of nitrogen functional groups attached to an aromatic ring is 1. The third-order valence-corrected chi connectivity index (χ3v) is 5.18. The van der Waals surface area contributed by atoms with Crippen LogP contribution in [0.5, 0.6) is 0 Å². The highest BCUT2D eigenvalue weighted by Gasteiger charge is 2.21. The van der Waals surface area contributed by atoms with Crippen molar-refractivity contribution in [3.63, 3.8) is 0 Å². The molecule has 0 radical (unpaired) electrons. The van der Waals surface area contributed by atoms with E-state index in [1.54, 1.807) is 6.20 Å². The zero-order valence-electron chi connectivity index (χ0n) is 16.2. The monoisotopic (exact) mass is 425 g/mol. The molecule has 3 N–H and O–H groups in total. The maximum absolute atomic E-state index is 14.4. The van der Waals surface area contributed by atoms with Crippen LogP contribution in [0.25, 0.3) is 27.8 Å². The normalized spacial score (nSPS) is 14.3. The molecule has 1 aliphatic heterocycles. The predicted molar refractivity (Wildman–Crippen MR) is 110 cm³/mol. The second-order valence-corrected chi connectivity index (χ2v) is 7.01. The summed E-state index contributed by atoms with van der Waals surface area (Å²) in [5, 5.41) is 6.62. The first-order valence-electron chi connectivity index (χ1n) is 9.53. The van der Waals surface area contributed by atoms with Gasteiger partial charge >= 0.3 is 0 Å². The van der Waals surface area contributed by atoms with Gasteiger partial charge in [-0.05, 0) is 12.1 Å². The number of benzene rings is 1. The van der Waals surface area contributed by atoms with Gasteiger partial charge in [-0.2, -0.15) is 5.10 Å². The highest BCUT2D eigenvalue weighted by molar-refractivity contribution is 5.97. The summed E-state index contributed by atoms with van der Waals surface area (Å²) in [5.41, 5.74) is 5.74. The molecule has 3 aromatic heterocycles. The van der Waals surface area contributed by atoms with Crippen LogP contribution < -0.4 is 16.2 Å². The molecule has 1 aromatic carbocycles. The van der Waals surface area contributed by atoms with Crippen molar-refractivity contribution < 1.29 is 13.5 Å². The number of nitrogens with one attached hydrogen (secondary N) is 1. The van der Waals surface area contributed by atoms with E-state index in [0.29, 0.717) is 48.9 Å². The molecule has 0 aliphatic carbocycles. The summed E-state index contributed by atoms with van der Waals surface area (Å²) < 4.78 is 35.1. The number of fused-ring (bicyclic) bond motifs is 1. The third-order valence-electron chi connectivity index (χ3n) is 5.18. The topological polar surface area (TPSA) is 115 Å². The molecule has 9 nitrogen and oxygen atoms in total. The number of para-hydroxylation sites is 1. The predicted octanol–water partition coefficient (Wildman–Crippen LogP) is 1.87. The van der Waals surface area contributed by atoms with Gasteiger partial charge in [-0.25, -0.2) is 13.8 Å². The summed E-state index contributed by atoms with van der Waals surface area (Å²) in [4.78, 5) is 24.0. The van der Waals surface area contributed by atoms with Crippen molar-refractivity contribution in [3.8, 4) is 16.9 Å². The smallest absolute Gasteiger partial charge is 0.268 e. The summed E-state index contributed by atoms with van der Waals surface area (Å²) >= 11 is 0. The highest BCUT2D eigenvalue weighted by Crippen LogP contribution is 2.28. The lowest BCUT2D eigenvalue weighted by molar-refractivity contribution is 0.122. The van der Waals surface area contributed by atoms with Crippen LogP contribution in [0.3, 0.4) is 0 Å². The zero-order chi connectivity index (χ0) is 21.5. The Kier molecular flexibility index (Phi) is 4.59. The summed E-state index contributed by atoms with van der Waals surface area (Å²) in [6.45, 7) is 2.62. The molecule has 0 saturated carbocycles. The van der Waals surface area contributed by atoms with Crippen LogP contribution in [-0.4, -0.2) is 51.0 Å². The average Bonchev–Trinajstić information content (AvgIpc) is 3.18. The van der Waals surface area contributed by atoms with Crippen molar-refractivity contribution in [1.29, 1.82) is 0 Å². The van der Waals surface area contributed by atoms with Crippen LogP contribution in [0.1, 0.15) is 0 Å². The van der Waals surface area contributed by atoms with Crippen molar-refractivity contribution >= 4 is 22.5 Å². The second-order valence-electron chi connectivity index (χ2n) is 7.01. The van der Waals surface area contributed by atoms with Crippen LogP contribution in [0.15, 0.2) is 41.6 Å². The molecule has 11 heteroatoms. The number of nitrogens with zero attached hydrogens (tertiary/aromatic N) is 5. The van der Waals surface area contributed by atoms with Gasteiger partial charge in [0.25, 0.3) is 5.56 Å². The van der Waals surface area contributed by atoms with E-state index >= 15 is 0 Å². The Hall–Kier alpha value is -3.86. The minimum Gasteiger partial charge on any atom is -0.382 e. The molecule has 31 heavy (non-hydrogen) atoms. The fourth-order valence-electron chi connectivity index (χ4n) is 3.64. The van der Waals surface area contributed by atoms with E-state index < -0.39 is 22.9 Å². The Bertz CT molecular complexity index is 1310. The summed E-state index contributed by atoms with van der Waals surface area (Å²) in [6, 6.07) is 3.37. The molecule has 0 bridgehead atoms.